The van der Waals surface area contributed by atoms with Crippen LogP contribution in [-0.2, 0) is 6.42 Å². The van der Waals surface area contributed by atoms with E-state index < -0.39 is 0 Å². The van der Waals surface area contributed by atoms with E-state index in [2.05, 4.69) is 123 Å². The molecule has 6 aromatic heterocycles. The van der Waals surface area contributed by atoms with Crippen molar-refractivity contribution in [2.24, 2.45) is 0 Å². The van der Waals surface area contributed by atoms with Crippen LogP contribution in [0.1, 0.15) is 11.1 Å². The number of hydrogen-bond donors (Lipinski definition) is 0. The number of benzene rings is 6. The average Bonchev–Trinajstić information content (AvgIpc) is 3.51. The number of hydrogen-bond acceptors (Lipinski definition) is 11. The van der Waals surface area contributed by atoms with Gasteiger partial charge < -0.3 is 14.5 Å². The van der Waals surface area contributed by atoms with Crippen LogP contribution < -0.4 is 14.5 Å². The monoisotopic (exact) mass is 978 g/mol. The molecule has 0 radical (unpaired) electrons. The van der Waals surface area contributed by atoms with E-state index in [0.717, 1.165) is 85.4 Å². The van der Waals surface area contributed by atoms with E-state index >= 15 is 0 Å². The molecular weight excluding hydrogens is 937 g/mol. The fourth-order valence-corrected chi connectivity index (χ4v) is 10.3. The topological polar surface area (TPSA) is 119 Å². The van der Waals surface area contributed by atoms with Crippen molar-refractivity contribution in [3.8, 4) is 90.7 Å². The first-order valence-corrected chi connectivity index (χ1v) is 25.0. The van der Waals surface area contributed by atoms with Crippen molar-refractivity contribution in [2.75, 3.05) is 9.80 Å². The number of pyridine rings is 4. The highest BCUT2D eigenvalue weighted by atomic mass is 16.5. The van der Waals surface area contributed by atoms with Gasteiger partial charge in [-0.2, -0.15) is 0 Å². The Balaban J connectivity index is 1.07. The van der Waals surface area contributed by atoms with E-state index in [-0.39, 0.29) is 0 Å². The highest BCUT2D eigenvalue weighted by Crippen LogP contribution is 2.53. The lowest BCUT2D eigenvalue weighted by molar-refractivity contribution is 0.477. The first-order valence-electron chi connectivity index (χ1n) is 25.0. The summed E-state index contributed by atoms with van der Waals surface area (Å²) in [4.78, 5) is 44.3. The normalized spacial score (nSPS) is 12.2. The number of ether oxygens (including phenoxy) is 1. The highest BCUT2D eigenvalue weighted by molar-refractivity contribution is 5.97. The Morgan fingerprint density at radius 3 is 1.22 bits per heavy atom. The molecule has 76 heavy (non-hydrogen) atoms. The van der Waals surface area contributed by atoms with Gasteiger partial charge in [0.05, 0.1) is 34.2 Å². The molecule has 0 unspecified atom stereocenters. The molecule has 6 aromatic carbocycles. The van der Waals surface area contributed by atoms with Gasteiger partial charge in [0, 0.05) is 88.6 Å². The smallest absolute Gasteiger partial charge is 0.179 e. The summed E-state index contributed by atoms with van der Waals surface area (Å²) >= 11 is 0. The molecule has 0 spiro atoms. The maximum absolute atomic E-state index is 6.52. The Hall–Kier alpha value is -10.5. The minimum Gasteiger partial charge on any atom is -0.453 e. The summed E-state index contributed by atoms with van der Waals surface area (Å²) in [6, 6.07) is 70.4. The lowest BCUT2D eigenvalue weighted by Gasteiger charge is -2.34. The summed E-state index contributed by atoms with van der Waals surface area (Å²) in [5.41, 5.74) is 17.7. The van der Waals surface area contributed by atoms with Crippen LogP contribution in [0.3, 0.4) is 0 Å². The zero-order valence-electron chi connectivity index (χ0n) is 40.7. The van der Waals surface area contributed by atoms with E-state index in [4.69, 9.17) is 34.6 Å². The predicted molar refractivity (Wildman–Crippen MR) is 299 cm³/mol. The number of fused-ring (bicyclic) bond motifs is 4. The summed E-state index contributed by atoms with van der Waals surface area (Å²) in [5, 5.41) is 0. The first-order chi connectivity index (χ1) is 37.7. The van der Waals surface area contributed by atoms with Gasteiger partial charge in [0.2, 0.25) is 0 Å². The second-order valence-corrected chi connectivity index (χ2v) is 18.4. The van der Waals surface area contributed by atoms with Gasteiger partial charge in [-0.25, -0.2) is 19.9 Å². The minimum atomic E-state index is 0.477. The number of aromatic nitrogens is 8. The Labute approximate surface area is 438 Å². The van der Waals surface area contributed by atoms with E-state index in [1.165, 1.54) is 11.1 Å². The van der Waals surface area contributed by atoms with Crippen LogP contribution >= 0.6 is 0 Å². The van der Waals surface area contributed by atoms with Gasteiger partial charge in [0.25, 0.3) is 0 Å². The fraction of sp³-hybridized carbons (Fsp3) is 0.0154. The van der Waals surface area contributed by atoms with Crippen molar-refractivity contribution in [1.82, 2.24) is 39.9 Å². The van der Waals surface area contributed by atoms with Crippen LogP contribution in [0, 0.1) is 0 Å². The Morgan fingerprint density at radius 2 is 0.763 bits per heavy atom. The summed E-state index contributed by atoms with van der Waals surface area (Å²) in [5.74, 6) is 2.46. The molecule has 358 valence electrons. The van der Waals surface area contributed by atoms with Crippen molar-refractivity contribution in [3.05, 3.63) is 255 Å². The third kappa shape index (κ3) is 8.05. The van der Waals surface area contributed by atoms with Crippen molar-refractivity contribution in [2.45, 2.75) is 6.42 Å². The largest absolute Gasteiger partial charge is 0.453 e. The maximum Gasteiger partial charge on any atom is 0.179 e. The standard InChI is InChI=1S/C65H42N10O/c1-3-21-58-42(15-1)35-43-16-2-4-22-59(43)74(58)46-27-29-48(50(36-46)56-38-54(44-17-13-31-66-40-44)70-64(72-56)52-19-9-11-33-68-52)49-30-28-47(75-60-23-5-7-25-62(60)76-63-26-8-6-24-61(63)75)37-51(49)57-39-55(45-18-14-32-67-41-45)71-65(73-57)53-20-10-12-34-69-53/h1-34,36-41H,35H2. The number of rotatable bonds is 9. The summed E-state index contributed by atoms with van der Waals surface area (Å²) < 4.78 is 6.52. The molecule has 0 bridgehead atoms. The molecule has 0 fully saturated rings. The van der Waals surface area contributed by atoms with Gasteiger partial charge in [-0.15, -0.1) is 0 Å². The van der Waals surface area contributed by atoms with Gasteiger partial charge in [0.15, 0.2) is 23.1 Å². The molecule has 0 saturated heterocycles. The van der Waals surface area contributed by atoms with E-state index in [1.54, 1.807) is 24.8 Å². The molecule has 2 aliphatic rings. The van der Waals surface area contributed by atoms with Crippen LogP contribution in [0.4, 0.5) is 34.1 Å². The minimum absolute atomic E-state index is 0.477. The second-order valence-electron chi connectivity index (χ2n) is 18.4. The fourth-order valence-electron chi connectivity index (χ4n) is 10.3. The zero-order valence-corrected chi connectivity index (χ0v) is 40.7. The third-order valence-corrected chi connectivity index (χ3v) is 13.8. The molecule has 0 atom stereocenters. The van der Waals surface area contributed by atoms with Gasteiger partial charge >= 0.3 is 0 Å². The predicted octanol–water partition coefficient (Wildman–Crippen LogP) is 15.5. The quantitative estimate of drug-likeness (QED) is 0.137. The molecule has 11 nitrogen and oxygen atoms in total. The van der Waals surface area contributed by atoms with Crippen molar-refractivity contribution in [3.63, 3.8) is 0 Å². The molecule has 0 N–H and O–H groups in total. The SMILES string of the molecule is c1ccc(-c2nc(-c3cccnc3)cc(-c3cc(N4c5ccccc5Cc5ccccc54)ccc3-c3ccc(N4c5ccccc5Oc5ccccc54)cc3-c3cc(-c4cccnc4)nc(-c4ccccn4)n3)n2)nc1. The zero-order chi connectivity index (χ0) is 50.4. The van der Waals surface area contributed by atoms with Crippen LogP contribution in [0.15, 0.2) is 243 Å². The van der Waals surface area contributed by atoms with Crippen LogP contribution in [0.25, 0.3) is 79.2 Å². The summed E-state index contributed by atoms with van der Waals surface area (Å²) in [6.45, 7) is 0. The molecule has 12 aromatic rings. The number of anilines is 6. The van der Waals surface area contributed by atoms with Crippen molar-refractivity contribution >= 4 is 34.1 Å². The Kier molecular flexibility index (Phi) is 10.9. The molecular formula is C65H42N10O. The molecule has 8 heterocycles. The Bertz CT molecular complexity index is 3670. The van der Waals surface area contributed by atoms with Gasteiger partial charge in [-0.05, 0) is 144 Å². The van der Waals surface area contributed by atoms with Crippen LogP contribution in [0.2, 0.25) is 0 Å². The molecule has 0 amide bonds. The van der Waals surface area contributed by atoms with Gasteiger partial charge in [-0.3, -0.25) is 19.9 Å². The molecule has 11 heteroatoms. The first kappa shape index (κ1) is 44.2. The van der Waals surface area contributed by atoms with Gasteiger partial charge in [-0.1, -0.05) is 84.9 Å². The van der Waals surface area contributed by atoms with Crippen molar-refractivity contribution in [1.29, 1.82) is 0 Å². The lowest BCUT2D eigenvalue weighted by atomic mass is 9.89. The summed E-state index contributed by atoms with van der Waals surface area (Å²) in [7, 11) is 0. The maximum atomic E-state index is 6.52. The molecule has 0 saturated carbocycles. The van der Waals surface area contributed by atoms with E-state index in [0.29, 0.717) is 45.8 Å². The van der Waals surface area contributed by atoms with Crippen LogP contribution in [0.5, 0.6) is 11.5 Å². The highest BCUT2D eigenvalue weighted by Gasteiger charge is 2.29. The van der Waals surface area contributed by atoms with Crippen molar-refractivity contribution < 1.29 is 4.74 Å². The number of para-hydroxylation sites is 6. The molecule has 2 aliphatic heterocycles. The van der Waals surface area contributed by atoms with Gasteiger partial charge in [0.1, 0.15) is 11.4 Å². The number of nitrogens with zero attached hydrogens (tertiary/aromatic N) is 10. The molecule has 0 aliphatic carbocycles. The Morgan fingerprint density at radius 1 is 0.329 bits per heavy atom. The van der Waals surface area contributed by atoms with Crippen LogP contribution in [-0.4, -0.2) is 39.9 Å². The summed E-state index contributed by atoms with van der Waals surface area (Å²) in [6.07, 6.45) is 11.6. The average molecular weight is 979 g/mol. The lowest BCUT2D eigenvalue weighted by Crippen LogP contribution is -2.18. The third-order valence-electron chi connectivity index (χ3n) is 13.8. The van der Waals surface area contributed by atoms with E-state index in [9.17, 15) is 0 Å². The van der Waals surface area contributed by atoms with E-state index in [1.807, 2.05) is 116 Å². The molecule has 14 rings (SSSR count). The second kappa shape index (κ2) is 18.8.